The van der Waals surface area contributed by atoms with E-state index < -0.39 is 0 Å². The molecule has 150 valence electrons. The summed E-state index contributed by atoms with van der Waals surface area (Å²) in [6.07, 6.45) is 2.12. The summed E-state index contributed by atoms with van der Waals surface area (Å²) in [5, 5.41) is 3.51. The Hall–Kier alpha value is -3.80. The molecule has 5 rings (SSSR count). The van der Waals surface area contributed by atoms with Gasteiger partial charge in [-0.05, 0) is 65.7 Å². The van der Waals surface area contributed by atoms with E-state index in [1.54, 1.807) is 26.4 Å². The van der Waals surface area contributed by atoms with Crippen molar-refractivity contribution in [2.45, 2.75) is 6.04 Å². The molecule has 5 nitrogen and oxygen atoms in total. The van der Waals surface area contributed by atoms with Gasteiger partial charge < -0.3 is 14.8 Å². The Balaban J connectivity index is 1.68. The standard InChI is InChI=1S/C24H20FN3O2/c1-29-22-12-9-16(13-23(22)30-2)19-14-21(15-7-10-17(25)11-8-15)28-20-6-4-3-5-18(20)26-24(28)27-19/h3-14,19H,1-2H3,(H,26,27). The average Bonchev–Trinajstić information content (AvgIpc) is 3.17. The fourth-order valence-corrected chi connectivity index (χ4v) is 3.85. The number of para-hydroxylation sites is 2. The van der Waals surface area contributed by atoms with E-state index in [9.17, 15) is 4.39 Å². The molecule has 0 bridgehead atoms. The van der Waals surface area contributed by atoms with Crippen LogP contribution in [-0.4, -0.2) is 23.8 Å². The largest absolute Gasteiger partial charge is 0.493 e. The third kappa shape index (κ3) is 2.97. The summed E-state index contributed by atoms with van der Waals surface area (Å²) < 4.78 is 26.5. The molecule has 0 spiro atoms. The first-order valence-electron chi connectivity index (χ1n) is 9.62. The lowest BCUT2D eigenvalue weighted by Crippen LogP contribution is -2.19. The predicted octanol–water partition coefficient (Wildman–Crippen LogP) is 5.25. The van der Waals surface area contributed by atoms with E-state index in [1.807, 2.05) is 42.5 Å². The van der Waals surface area contributed by atoms with Crippen molar-refractivity contribution in [3.8, 4) is 11.5 Å². The van der Waals surface area contributed by atoms with Crippen molar-refractivity contribution in [3.63, 3.8) is 0 Å². The molecular formula is C24H20FN3O2. The van der Waals surface area contributed by atoms with E-state index in [0.29, 0.717) is 11.5 Å². The highest BCUT2D eigenvalue weighted by Crippen LogP contribution is 2.38. The quantitative estimate of drug-likeness (QED) is 0.508. The van der Waals surface area contributed by atoms with Gasteiger partial charge in [-0.1, -0.05) is 18.2 Å². The maximum absolute atomic E-state index is 13.6. The molecule has 4 aromatic rings. The second-order valence-electron chi connectivity index (χ2n) is 7.05. The van der Waals surface area contributed by atoms with Crippen molar-refractivity contribution in [1.82, 2.24) is 9.55 Å². The first kappa shape index (κ1) is 18.2. The first-order chi connectivity index (χ1) is 14.7. The minimum absolute atomic E-state index is 0.144. The van der Waals surface area contributed by atoms with Gasteiger partial charge in [0, 0.05) is 0 Å². The minimum Gasteiger partial charge on any atom is -0.493 e. The number of benzene rings is 3. The van der Waals surface area contributed by atoms with Crippen LogP contribution in [0.5, 0.6) is 11.5 Å². The highest BCUT2D eigenvalue weighted by molar-refractivity contribution is 5.88. The van der Waals surface area contributed by atoms with E-state index in [0.717, 1.165) is 33.8 Å². The van der Waals surface area contributed by atoms with Crippen LogP contribution in [0, 0.1) is 5.82 Å². The lowest BCUT2D eigenvalue weighted by atomic mass is 10.0. The number of nitrogens with zero attached hydrogens (tertiary/aromatic N) is 2. The summed E-state index contributed by atoms with van der Waals surface area (Å²) in [6.45, 7) is 0. The fraction of sp³-hybridized carbons (Fsp3) is 0.125. The summed E-state index contributed by atoms with van der Waals surface area (Å²) in [5.74, 6) is 1.80. The number of nitrogens with one attached hydrogen (secondary N) is 1. The van der Waals surface area contributed by atoms with Crippen LogP contribution >= 0.6 is 0 Å². The number of fused-ring (bicyclic) bond motifs is 3. The number of anilines is 1. The Kier molecular flexibility index (Phi) is 4.39. The maximum Gasteiger partial charge on any atom is 0.209 e. The smallest absolute Gasteiger partial charge is 0.209 e. The van der Waals surface area contributed by atoms with Crippen LogP contribution in [0.1, 0.15) is 17.2 Å². The van der Waals surface area contributed by atoms with E-state index in [2.05, 4.69) is 16.0 Å². The van der Waals surface area contributed by atoms with Crippen molar-refractivity contribution in [2.75, 3.05) is 19.5 Å². The maximum atomic E-state index is 13.6. The Bertz CT molecular complexity index is 1260. The highest BCUT2D eigenvalue weighted by atomic mass is 19.1. The van der Waals surface area contributed by atoms with Gasteiger partial charge in [0.05, 0.1) is 37.0 Å². The Morgan fingerprint density at radius 3 is 2.47 bits per heavy atom. The van der Waals surface area contributed by atoms with E-state index in [4.69, 9.17) is 14.5 Å². The molecule has 0 saturated heterocycles. The molecule has 1 aliphatic rings. The molecule has 1 atom stereocenters. The van der Waals surface area contributed by atoms with Gasteiger partial charge in [-0.2, -0.15) is 0 Å². The lowest BCUT2D eigenvalue weighted by Gasteiger charge is -2.26. The molecule has 2 heterocycles. The average molecular weight is 401 g/mol. The van der Waals surface area contributed by atoms with E-state index >= 15 is 0 Å². The monoisotopic (exact) mass is 401 g/mol. The van der Waals surface area contributed by atoms with Gasteiger partial charge in [0.2, 0.25) is 5.95 Å². The van der Waals surface area contributed by atoms with Crippen LogP contribution in [0.25, 0.3) is 16.7 Å². The number of rotatable bonds is 4. The lowest BCUT2D eigenvalue weighted by molar-refractivity contribution is 0.354. The molecule has 0 amide bonds. The third-order valence-corrected chi connectivity index (χ3v) is 5.32. The molecule has 30 heavy (non-hydrogen) atoms. The summed E-state index contributed by atoms with van der Waals surface area (Å²) in [7, 11) is 3.24. The zero-order chi connectivity index (χ0) is 20.7. The van der Waals surface area contributed by atoms with E-state index in [-0.39, 0.29) is 11.9 Å². The molecule has 3 aromatic carbocycles. The number of aromatic nitrogens is 2. The number of hydrogen-bond donors (Lipinski definition) is 1. The zero-order valence-electron chi connectivity index (χ0n) is 16.6. The van der Waals surface area contributed by atoms with Gasteiger partial charge in [-0.3, -0.25) is 4.57 Å². The SMILES string of the molecule is COc1ccc(C2C=C(c3ccc(F)cc3)n3c(nc4ccccc43)N2)cc1OC. The van der Waals surface area contributed by atoms with Gasteiger partial charge in [0.25, 0.3) is 0 Å². The van der Waals surface area contributed by atoms with Gasteiger partial charge >= 0.3 is 0 Å². The van der Waals surface area contributed by atoms with Gasteiger partial charge in [-0.25, -0.2) is 9.37 Å². The second-order valence-corrected chi connectivity index (χ2v) is 7.05. The van der Waals surface area contributed by atoms with Crippen LogP contribution in [0.2, 0.25) is 0 Å². The molecule has 1 unspecified atom stereocenters. The van der Waals surface area contributed by atoms with Crippen LogP contribution in [-0.2, 0) is 0 Å². The molecule has 0 saturated carbocycles. The van der Waals surface area contributed by atoms with Crippen molar-refractivity contribution >= 4 is 22.7 Å². The van der Waals surface area contributed by atoms with Crippen molar-refractivity contribution in [3.05, 3.63) is 89.8 Å². The number of methoxy groups -OCH3 is 2. The molecule has 0 fully saturated rings. The Morgan fingerprint density at radius 1 is 0.933 bits per heavy atom. The molecule has 1 aliphatic heterocycles. The first-order valence-corrected chi connectivity index (χ1v) is 9.62. The Morgan fingerprint density at radius 2 is 1.70 bits per heavy atom. The predicted molar refractivity (Wildman–Crippen MR) is 115 cm³/mol. The number of halogens is 1. The fourth-order valence-electron chi connectivity index (χ4n) is 3.85. The zero-order valence-corrected chi connectivity index (χ0v) is 16.6. The number of hydrogen-bond acceptors (Lipinski definition) is 4. The van der Waals surface area contributed by atoms with Crippen LogP contribution in [0.15, 0.2) is 72.8 Å². The summed E-state index contributed by atoms with van der Waals surface area (Å²) in [4.78, 5) is 4.78. The molecule has 1 aromatic heterocycles. The molecule has 0 aliphatic carbocycles. The van der Waals surface area contributed by atoms with Crippen molar-refractivity contribution in [1.29, 1.82) is 0 Å². The number of imidazole rings is 1. The summed E-state index contributed by atoms with van der Waals surface area (Å²) in [6, 6.07) is 20.2. The van der Waals surface area contributed by atoms with E-state index in [1.165, 1.54) is 12.1 Å². The molecular weight excluding hydrogens is 381 g/mol. The van der Waals surface area contributed by atoms with Gasteiger partial charge in [-0.15, -0.1) is 0 Å². The van der Waals surface area contributed by atoms with Gasteiger partial charge in [0.1, 0.15) is 5.82 Å². The minimum atomic E-state index is -0.263. The third-order valence-electron chi connectivity index (χ3n) is 5.32. The molecule has 6 heteroatoms. The second kappa shape index (κ2) is 7.22. The Labute approximate surface area is 173 Å². The van der Waals surface area contributed by atoms with Crippen LogP contribution in [0.4, 0.5) is 10.3 Å². The summed E-state index contributed by atoms with van der Waals surface area (Å²) >= 11 is 0. The van der Waals surface area contributed by atoms with Gasteiger partial charge in [0.15, 0.2) is 11.5 Å². The normalized spacial score (nSPS) is 15.3. The van der Waals surface area contributed by atoms with Crippen molar-refractivity contribution < 1.29 is 13.9 Å². The van der Waals surface area contributed by atoms with Crippen LogP contribution in [0.3, 0.4) is 0 Å². The van der Waals surface area contributed by atoms with Crippen molar-refractivity contribution in [2.24, 2.45) is 0 Å². The molecule has 1 N–H and O–H groups in total. The topological polar surface area (TPSA) is 48.3 Å². The van der Waals surface area contributed by atoms with Crippen LogP contribution < -0.4 is 14.8 Å². The number of ether oxygens (including phenoxy) is 2. The summed E-state index contributed by atoms with van der Waals surface area (Å²) in [5.41, 5.74) is 4.73. The highest BCUT2D eigenvalue weighted by Gasteiger charge is 2.25. The molecule has 0 radical (unpaired) electrons.